The number of phenolic OH excluding ortho intramolecular Hbond substituents is 1. The fraction of sp³-hybridized carbons (Fsp3) is 0.548. The van der Waals surface area contributed by atoms with E-state index in [1.54, 1.807) is 26.0 Å². The summed E-state index contributed by atoms with van der Waals surface area (Å²) in [7, 11) is 0. The molecular weight excluding hydrogens is 676 g/mol. The quantitative estimate of drug-likeness (QED) is 0.0567. The van der Waals surface area contributed by atoms with Gasteiger partial charge in [0.25, 0.3) is 0 Å². The predicted octanol–water partition coefficient (Wildman–Crippen LogP) is -4.80. The number of aliphatic hydroxyl groups excluding tert-OH is 2. The standard InChI is InChI=1S/C31H48N8O12/c1-14(2)9-20(28(47)35-16(4)26(45)39-23(13-41)31(50)51)36-29(48)21(11-24(33)43)37-30(49)22(12-40)38-25(44)15(3)34-27(46)19(32)10-17-5-7-18(42)8-6-17/h5-8,14-16,19-23,40-42H,9-13,32H2,1-4H3,(H2,33,43)(H,34,46)(H,35,47)(H,36,48)(H,37,49)(H,38,44)(H,39,45)(H,50,51)/t15-,16-,19-,20-,21-,22-,23-/m0/s1. The van der Waals surface area contributed by atoms with Crippen LogP contribution in [-0.4, -0.2) is 123 Å². The molecule has 1 rings (SSSR count). The van der Waals surface area contributed by atoms with Crippen molar-refractivity contribution in [3.63, 3.8) is 0 Å². The fourth-order valence-electron chi connectivity index (χ4n) is 4.38. The zero-order valence-corrected chi connectivity index (χ0v) is 28.7. The van der Waals surface area contributed by atoms with Gasteiger partial charge in [0.2, 0.25) is 41.4 Å². The number of aromatic hydroxyl groups is 1. The molecule has 0 saturated heterocycles. The van der Waals surface area contributed by atoms with Gasteiger partial charge in [0.15, 0.2) is 0 Å². The third kappa shape index (κ3) is 15.4. The second-order valence-corrected chi connectivity index (χ2v) is 12.2. The molecule has 0 aliphatic rings. The number of phenols is 1. The number of amides is 7. The Kier molecular flexibility index (Phi) is 18.0. The van der Waals surface area contributed by atoms with Crippen molar-refractivity contribution in [2.24, 2.45) is 17.4 Å². The Morgan fingerprint density at radius 3 is 1.53 bits per heavy atom. The molecule has 51 heavy (non-hydrogen) atoms. The number of aliphatic carboxylic acids is 1. The van der Waals surface area contributed by atoms with Crippen LogP contribution in [0.4, 0.5) is 0 Å². The van der Waals surface area contributed by atoms with Crippen LogP contribution in [0.2, 0.25) is 0 Å². The average Bonchev–Trinajstić information content (AvgIpc) is 3.05. The van der Waals surface area contributed by atoms with Crippen LogP contribution >= 0.6 is 0 Å². The number of primary amides is 1. The molecule has 0 heterocycles. The summed E-state index contributed by atoms with van der Waals surface area (Å²) in [6.45, 7) is 4.07. The number of carbonyl (C=O) groups excluding carboxylic acids is 7. The van der Waals surface area contributed by atoms with E-state index in [-0.39, 0.29) is 24.5 Å². The van der Waals surface area contributed by atoms with Crippen molar-refractivity contribution in [2.45, 2.75) is 89.3 Å². The van der Waals surface area contributed by atoms with Crippen molar-refractivity contribution < 1.29 is 58.8 Å². The molecule has 0 aromatic heterocycles. The number of carbonyl (C=O) groups is 8. The molecule has 0 fully saturated rings. The highest BCUT2D eigenvalue weighted by Crippen LogP contribution is 2.11. The minimum atomic E-state index is -1.69. The van der Waals surface area contributed by atoms with Gasteiger partial charge in [-0.15, -0.1) is 0 Å². The van der Waals surface area contributed by atoms with Gasteiger partial charge in [0.1, 0.15) is 42.0 Å². The van der Waals surface area contributed by atoms with Crippen LogP contribution in [0.3, 0.4) is 0 Å². The van der Waals surface area contributed by atoms with E-state index in [9.17, 15) is 48.6 Å². The zero-order chi connectivity index (χ0) is 39.0. The molecule has 0 aliphatic carbocycles. The first kappa shape index (κ1) is 43.7. The van der Waals surface area contributed by atoms with E-state index >= 15 is 0 Å². The molecule has 20 heteroatoms. The lowest BCUT2D eigenvalue weighted by molar-refractivity contribution is -0.143. The van der Waals surface area contributed by atoms with Gasteiger partial charge in [-0.05, 0) is 50.3 Å². The summed E-state index contributed by atoms with van der Waals surface area (Å²) >= 11 is 0. The van der Waals surface area contributed by atoms with Gasteiger partial charge >= 0.3 is 5.97 Å². The summed E-state index contributed by atoms with van der Waals surface area (Å²) in [6, 6.07) is -3.99. The summed E-state index contributed by atoms with van der Waals surface area (Å²) in [5.74, 6) is -8.35. The van der Waals surface area contributed by atoms with E-state index in [1.165, 1.54) is 26.0 Å². The Morgan fingerprint density at radius 1 is 0.627 bits per heavy atom. The number of hydrogen-bond donors (Lipinski definition) is 12. The molecule has 0 spiro atoms. The number of aliphatic hydroxyl groups is 2. The molecule has 0 unspecified atom stereocenters. The molecule has 1 aromatic carbocycles. The van der Waals surface area contributed by atoms with Gasteiger partial charge in [0.05, 0.1) is 25.7 Å². The predicted molar refractivity (Wildman–Crippen MR) is 178 cm³/mol. The Bertz CT molecular complexity index is 1410. The third-order valence-electron chi connectivity index (χ3n) is 7.22. The van der Waals surface area contributed by atoms with Crippen molar-refractivity contribution in [3.05, 3.63) is 29.8 Å². The molecular formula is C31H48N8O12. The van der Waals surface area contributed by atoms with Crippen molar-refractivity contribution in [1.29, 1.82) is 0 Å². The molecule has 0 radical (unpaired) electrons. The van der Waals surface area contributed by atoms with Crippen molar-refractivity contribution in [3.8, 4) is 5.75 Å². The molecule has 7 atom stereocenters. The second kappa shape index (κ2) is 21.0. The van der Waals surface area contributed by atoms with E-state index in [0.29, 0.717) is 5.56 Å². The van der Waals surface area contributed by atoms with Crippen LogP contribution < -0.4 is 43.4 Å². The van der Waals surface area contributed by atoms with E-state index in [1.807, 2.05) is 5.32 Å². The minimum Gasteiger partial charge on any atom is -0.508 e. The second-order valence-electron chi connectivity index (χ2n) is 12.2. The van der Waals surface area contributed by atoms with Gasteiger partial charge in [-0.2, -0.15) is 0 Å². The monoisotopic (exact) mass is 724 g/mol. The maximum absolute atomic E-state index is 13.3. The van der Waals surface area contributed by atoms with E-state index in [2.05, 4.69) is 26.6 Å². The molecule has 0 saturated carbocycles. The Hall–Kier alpha value is -5.34. The number of nitrogens with one attached hydrogen (secondary N) is 6. The maximum Gasteiger partial charge on any atom is 0.328 e. The van der Waals surface area contributed by atoms with E-state index in [0.717, 1.165) is 0 Å². The highest BCUT2D eigenvalue weighted by molar-refractivity contribution is 5.98. The van der Waals surface area contributed by atoms with Crippen LogP contribution in [0, 0.1) is 5.92 Å². The SMILES string of the molecule is CC(C)C[C@H](NC(=O)[C@H](CC(N)=O)NC(=O)[C@H](CO)NC(=O)[C@H](C)NC(=O)[C@@H](N)Cc1ccc(O)cc1)C(=O)N[C@@H](C)C(=O)N[C@@H](CO)C(=O)O. The molecule has 7 amide bonds. The molecule has 0 aliphatic heterocycles. The Balaban J connectivity index is 2.95. The van der Waals surface area contributed by atoms with Crippen LogP contribution in [-0.2, 0) is 44.8 Å². The van der Waals surface area contributed by atoms with E-state index < -0.39 is 109 Å². The van der Waals surface area contributed by atoms with Gasteiger partial charge in [-0.3, -0.25) is 33.6 Å². The number of carboxylic acid groups (broad SMARTS) is 1. The van der Waals surface area contributed by atoms with Gasteiger partial charge in [-0.1, -0.05) is 26.0 Å². The zero-order valence-electron chi connectivity index (χ0n) is 28.7. The summed E-state index contributed by atoms with van der Waals surface area (Å²) in [4.78, 5) is 100.0. The summed E-state index contributed by atoms with van der Waals surface area (Å²) < 4.78 is 0. The number of hydrogen-bond acceptors (Lipinski definition) is 12. The van der Waals surface area contributed by atoms with Gasteiger partial charge < -0.3 is 63.8 Å². The highest BCUT2D eigenvalue weighted by atomic mass is 16.4. The smallest absolute Gasteiger partial charge is 0.328 e. The van der Waals surface area contributed by atoms with Crippen molar-refractivity contribution >= 4 is 47.3 Å². The van der Waals surface area contributed by atoms with Crippen LogP contribution in [0.25, 0.3) is 0 Å². The number of carboxylic acids is 1. The lowest BCUT2D eigenvalue weighted by atomic mass is 10.0. The molecule has 20 nitrogen and oxygen atoms in total. The highest BCUT2D eigenvalue weighted by Gasteiger charge is 2.33. The first-order chi connectivity index (χ1) is 23.8. The van der Waals surface area contributed by atoms with Gasteiger partial charge in [0, 0.05) is 0 Å². The molecule has 14 N–H and O–H groups in total. The number of rotatable bonds is 21. The summed E-state index contributed by atoms with van der Waals surface area (Å²) in [5, 5.41) is 51.0. The topological polar surface area (TPSA) is 342 Å². The van der Waals surface area contributed by atoms with Crippen LogP contribution in [0.15, 0.2) is 24.3 Å². The summed E-state index contributed by atoms with van der Waals surface area (Å²) in [6.07, 6.45) is -0.673. The molecule has 1 aromatic rings. The Morgan fingerprint density at radius 2 is 1.06 bits per heavy atom. The fourth-order valence-corrected chi connectivity index (χ4v) is 4.38. The average molecular weight is 725 g/mol. The summed E-state index contributed by atoms with van der Waals surface area (Å²) in [5.41, 5.74) is 11.8. The third-order valence-corrected chi connectivity index (χ3v) is 7.22. The lowest BCUT2D eigenvalue weighted by Crippen LogP contribution is -2.60. The van der Waals surface area contributed by atoms with Crippen LogP contribution in [0.1, 0.15) is 46.1 Å². The number of benzene rings is 1. The van der Waals surface area contributed by atoms with Gasteiger partial charge in [-0.25, -0.2) is 4.79 Å². The van der Waals surface area contributed by atoms with E-state index in [4.69, 9.17) is 21.7 Å². The normalized spacial score (nSPS) is 15.1. The van der Waals surface area contributed by atoms with Crippen molar-refractivity contribution in [2.75, 3.05) is 13.2 Å². The first-order valence-corrected chi connectivity index (χ1v) is 15.9. The maximum atomic E-state index is 13.3. The lowest BCUT2D eigenvalue weighted by Gasteiger charge is -2.26. The molecule has 0 bridgehead atoms. The van der Waals surface area contributed by atoms with Crippen LogP contribution in [0.5, 0.6) is 5.75 Å². The largest absolute Gasteiger partial charge is 0.508 e. The minimum absolute atomic E-state index is 0.00900. The van der Waals surface area contributed by atoms with Crippen molar-refractivity contribution in [1.82, 2.24) is 31.9 Å². The Labute approximate surface area is 293 Å². The molecule has 284 valence electrons. The number of nitrogens with two attached hydrogens (primary N) is 2. The first-order valence-electron chi connectivity index (χ1n) is 15.9.